The second kappa shape index (κ2) is 8.52. The van der Waals surface area contributed by atoms with Crippen LogP contribution in [0.3, 0.4) is 0 Å². The zero-order valence-electron chi connectivity index (χ0n) is 13.8. The Hall–Kier alpha value is -1.90. The lowest BCUT2D eigenvalue weighted by Gasteiger charge is -2.16. The summed E-state index contributed by atoms with van der Waals surface area (Å²) in [6.07, 6.45) is 2.90. The van der Waals surface area contributed by atoms with Gasteiger partial charge in [0.15, 0.2) is 11.5 Å². The van der Waals surface area contributed by atoms with Gasteiger partial charge in [-0.15, -0.1) is 0 Å². The maximum absolute atomic E-state index is 5.96. The molecule has 0 heterocycles. The minimum absolute atomic E-state index is 0.668. The molecule has 0 saturated heterocycles. The predicted molar refractivity (Wildman–Crippen MR) is 90.1 cm³/mol. The summed E-state index contributed by atoms with van der Waals surface area (Å²) in [6, 6.07) is 11.2. The van der Waals surface area contributed by atoms with Gasteiger partial charge in [-0.2, -0.15) is 0 Å². The molecule has 3 nitrogen and oxygen atoms in total. The molecular formula is C19H25O3. The molecule has 0 saturated carbocycles. The zero-order chi connectivity index (χ0) is 15.8. The highest BCUT2D eigenvalue weighted by Gasteiger charge is 2.13. The van der Waals surface area contributed by atoms with Gasteiger partial charge in [-0.25, -0.2) is 0 Å². The van der Waals surface area contributed by atoms with Gasteiger partial charge in [-0.1, -0.05) is 32.9 Å². The van der Waals surface area contributed by atoms with E-state index in [1.54, 1.807) is 0 Å². The zero-order valence-corrected chi connectivity index (χ0v) is 13.8. The summed E-state index contributed by atoms with van der Waals surface area (Å²) in [5, 5.41) is 1.95. The molecule has 0 amide bonds. The first-order chi connectivity index (χ1) is 10.8. The third kappa shape index (κ3) is 3.85. The van der Waals surface area contributed by atoms with E-state index in [0.717, 1.165) is 47.3 Å². The smallest absolute Gasteiger partial charge is 0.169 e. The minimum atomic E-state index is 0.668. The molecule has 0 fully saturated rings. The van der Waals surface area contributed by atoms with Crippen LogP contribution in [0.2, 0.25) is 0 Å². The van der Waals surface area contributed by atoms with Crippen LogP contribution in [0.5, 0.6) is 17.2 Å². The van der Waals surface area contributed by atoms with E-state index >= 15 is 0 Å². The molecule has 0 N–H and O–H groups in total. The second-order valence-electron chi connectivity index (χ2n) is 5.21. The van der Waals surface area contributed by atoms with Crippen molar-refractivity contribution in [3.63, 3.8) is 0 Å². The molecule has 0 unspecified atom stereocenters. The normalized spacial score (nSPS) is 10.7. The molecule has 0 atom stereocenters. The lowest BCUT2D eigenvalue weighted by Crippen LogP contribution is -2.02. The van der Waals surface area contributed by atoms with Gasteiger partial charge >= 0.3 is 0 Å². The lowest BCUT2D eigenvalue weighted by molar-refractivity contribution is 0.271. The van der Waals surface area contributed by atoms with Crippen molar-refractivity contribution in [2.24, 2.45) is 0 Å². The Balaban J connectivity index is 2.44. The monoisotopic (exact) mass is 301 g/mol. The van der Waals surface area contributed by atoms with Crippen LogP contribution in [0.25, 0.3) is 10.8 Å². The molecule has 1 radical (unpaired) electrons. The molecule has 2 rings (SSSR count). The van der Waals surface area contributed by atoms with Crippen molar-refractivity contribution in [2.45, 2.75) is 40.0 Å². The maximum Gasteiger partial charge on any atom is 0.169 e. The largest absolute Gasteiger partial charge is 0.493 e. The summed E-state index contributed by atoms with van der Waals surface area (Å²) in [4.78, 5) is 0. The highest BCUT2D eigenvalue weighted by atomic mass is 16.5. The van der Waals surface area contributed by atoms with Gasteiger partial charge in [0.05, 0.1) is 19.8 Å². The Morgan fingerprint density at radius 2 is 1.45 bits per heavy atom. The Bertz CT molecular complexity index is 592. The van der Waals surface area contributed by atoms with Crippen LogP contribution in [-0.2, 0) is 0 Å². The van der Waals surface area contributed by atoms with E-state index in [2.05, 4.69) is 26.8 Å². The standard InChI is InChI=1S/C19H25O3/c1-4-12-20-17-9-7-8-16-15(17)10-11-18(21-13-5-2)19(16)22-14-6-3/h7-9,11H,4-6,12-14H2,1-3H3. The average molecular weight is 301 g/mol. The van der Waals surface area contributed by atoms with Gasteiger partial charge in [-0.05, 0) is 37.5 Å². The molecule has 0 aliphatic rings. The summed E-state index contributed by atoms with van der Waals surface area (Å²) in [7, 11) is 0. The highest BCUT2D eigenvalue weighted by Crippen LogP contribution is 2.39. The van der Waals surface area contributed by atoms with Crippen LogP contribution >= 0.6 is 0 Å². The van der Waals surface area contributed by atoms with Crippen molar-refractivity contribution in [2.75, 3.05) is 19.8 Å². The Morgan fingerprint density at radius 1 is 0.818 bits per heavy atom. The molecule has 0 aromatic heterocycles. The first-order valence-corrected chi connectivity index (χ1v) is 8.17. The van der Waals surface area contributed by atoms with Crippen LogP contribution in [-0.4, -0.2) is 19.8 Å². The van der Waals surface area contributed by atoms with E-state index in [9.17, 15) is 0 Å². The van der Waals surface area contributed by atoms with Crippen molar-refractivity contribution in [3.8, 4) is 17.2 Å². The summed E-state index contributed by atoms with van der Waals surface area (Å²) in [5.41, 5.74) is 0. The minimum Gasteiger partial charge on any atom is -0.493 e. The van der Waals surface area contributed by atoms with Crippen molar-refractivity contribution >= 4 is 10.8 Å². The molecule has 2 aromatic rings. The van der Waals surface area contributed by atoms with Crippen molar-refractivity contribution in [3.05, 3.63) is 30.3 Å². The molecule has 0 aliphatic carbocycles. The van der Waals surface area contributed by atoms with E-state index in [1.165, 1.54) is 0 Å². The van der Waals surface area contributed by atoms with E-state index in [-0.39, 0.29) is 0 Å². The first-order valence-electron chi connectivity index (χ1n) is 8.17. The fraction of sp³-hybridized carbons (Fsp3) is 0.474. The SMILES string of the molecule is CCCOc1c[c]c2c(OCCC)cccc2c1OCCC. The fourth-order valence-corrected chi connectivity index (χ4v) is 2.21. The third-order valence-electron chi connectivity index (χ3n) is 3.22. The average Bonchev–Trinajstić information content (AvgIpc) is 2.56. The quantitative estimate of drug-likeness (QED) is 0.652. The summed E-state index contributed by atoms with van der Waals surface area (Å²) >= 11 is 0. The van der Waals surface area contributed by atoms with E-state index in [0.29, 0.717) is 19.8 Å². The predicted octanol–water partition coefficient (Wildman–Crippen LogP) is 5.01. The second-order valence-corrected chi connectivity index (χ2v) is 5.21. The number of ether oxygens (including phenoxy) is 3. The topological polar surface area (TPSA) is 27.7 Å². The van der Waals surface area contributed by atoms with Gasteiger partial charge in [0.25, 0.3) is 0 Å². The van der Waals surface area contributed by atoms with Crippen LogP contribution in [0, 0.1) is 6.07 Å². The first kappa shape index (κ1) is 16.5. The number of fused-ring (bicyclic) bond motifs is 1. The van der Waals surface area contributed by atoms with Crippen LogP contribution < -0.4 is 14.2 Å². The van der Waals surface area contributed by atoms with E-state index < -0.39 is 0 Å². The Kier molecular flexibility index (Phi) is 6.38. The molecule has 22 heavy (non-hydrogen) atoms. The van der Waals surface area contributed by atoms with Crippen LogP contribution in [0.4, 0.5) is 0 Å². The number of benzene rings is 2. The molecule has 0 bridgehead atoms. The van der Waals surface area contributed by atoms with E-state index in [4.69, 9.17) is 14.2 Å². The third-order valence-corrected chi connectivity index (χ3v) is 3.22. The van der Waals surface area contributed by atoms with Crippen LogP contribution in [0.1, 0.15) is 40.0 Å². The molecule has 0 aliphatic heterocycles. The van der Waals surface area contributed by atoms with Crippen molar-refractivity contribution in [1.82, 2.24) is 0 Å². The summed E-state index contributed by atoms with van der Waals surface area (Å²) < 4.78 is 17.6. The van der Waals surface area contributed by atoms with Gasteiger partial charge in [0.1, 0.15) is 5.75 Å². The van der Waals surface area contributed by atoms with Gasteiger partial charge < -0.3 is 14.2 Å². The highest BCUT2D eigenvalue weighted by molar-refractivity contribution is 5.94. The van der Waals surface area contributed by atoms with Gasteiger partial charge in [-0.3, -0.25) is 0 Å². The van der Waals surface area contributed by atoms with Gasteiger partial charge in [0, 0.05) is 10.8 Å². The van der Waals surface area contributed by atoms with Gasteiger partial charge in [0.2, 0.25) is 0 Å². The number of hydrogen-bond donors (Lipinski definition) is 0. The molecule has 119 valence electrons. The van der Waals surface area contributed by atoms with Crippen LogP contribution in [0.15, 0.2) is 24.3 Å². The molecule has 2 aromatic carbocycles. The lowest BCUT2D eigenvalue weighted by atomic mass is 10.1. The Morgan fingerprint density at radius 3 is 2.14 bits per heavy atom. The van der Waals surface area contributed by atoms with Crippen molar-refractivity contribution < 1.29 is 14.2 Å². The molecular weight excluding hydrogens is 276 g/mol. The molecule has 0 spiro atoms. The van der Waals surface area contributed by atoms with E-state index in [1.807, 2.05) is 24.3 Å². The number of hydrogen-bond acceptors (Lipinski definition) is 3. The Labute approximate surface area is 133 Å². The fourth-order valence-electron chi connectivity index (χ4n) is 2.21. The molecule has 3 heteroatoms. The number of rotatable bonds is 9. The summed E-state index contributed by atoms with van der Waals surface area (Å²) in [6.45, 7) is 8.33. The summed E-state index contributed by atoms with van der Waals surface area (Å²) in [5.74, 6) is 2.41. The van der Waals surface area contributed by atoms with Crippen molar-refractivity contribution in [1.29, 1.82) is 0 Å². The maximum atomic E-state index is 5.96.